The second-order valence-corrected chi connectivity index (χ2v) is 5.93. The van der Waals surface area contributed by atoms with E-state index in [-0.39, 0.29) is 6.04 Å². The van der Waals surface area contributed by atoms with Crippen LogP contribution in [0.4, 0.5) is 0 Å². The Hall–Kier alpha value is -0.570. The minimum atomic E-state index is 0.109. The van der Waals surface area contributed by atoms with Gasteiger partial charge in [-0.15, -0.1) is 0 Å². The van der Waals surface area contributed by atoms with Gasteiger partial charge in [-0.25, -0.2) is 0 Å². The first-order valence-electron chi connectivity index (χ1n) is 7.90. The second-order valence-electron chi connectivity index (χ2n) is 5.50. The smallest absolute Gasteiger partial charge is 0.0406 e. The summed E-state index contributed by atoms with van der Waals surface area (Å²) in [6.07, 6.45) is 6.08. The Morgan fingerprint density at radius 3 is 2.05 bits per heavy atom. The van der Waals surface area contributed by atoms with Crippen molar-refractivity contribution in [1.29, 1.82) is 0 Å². The van der Waals surface area contributed by atoms with Gasteiger partial charge in [-0.05, 0) is 56.6 Å². The number of hydrogen-bond acceptors (Lipinski definition) is 2. The van der Waals surface area contributed by atoms with E-state index in [9.17, 15) is 0 Å². The topological polar surface area (TPSA) is 29.3 Å². The molecule has 0 saturated carbocycles. The van der Waals surface area contributed by atoms with Crippen LogP contribution in [-0.2, 0) is 0 Å². The lowest BCUT2D eigenvalue weighted by molar-refractivity contribution is 0.255. The molecule has 1 aromatic carbocycles. The van der Waals surface area contributed by atoms with Crippen molar-refractivity contribution in [3.8, 4) is 0 Å². The molecule has 1 unspecified atom stereocenters. The molecular weight excluding hydrogens is 268 g/mol. The first kappa shape index (κ1) is 17.5. The average Bonchev–Trinajstić information content (AvgIpc) is 2.47. The van der Waals surface area contributed by atoms with Crippen LogP contribution < -0.4 is 5.73 Å². The summed E-state index contributed by atoms with van der Waals surface area (Å²) >= 11 is 5.91. The summed E-state index contributed by atoms with van der Waals surface area (Å²) in [7, 11) is 0. The van der Waals surface area contributed by atoms with E-state index in [2.05, 4.69) is 18.7 Å². The quantitative estimate of drug-likeness (QED) is 0.682. The zero-order valence-electron chi connectivity index (χ0n) is 12.9. The van der Waals surface area contributed by atoms with Gasteiger partial charge in [0.15, 0.2) is 0 Å². The summed E-state index contributed by atoms with van der Waals surface area (Å²) in [5.41, 5.74) is 7.46. The fourth-order valence-electron chi connectivity index (χ4n) is 2.30. The molecule has 0 bridgehead atoms. The number of halogens is 1. The highest BCUT2D eigenvalue weighted by Gasteiger charge is 2.09. The third kappa shape index (κ3) is 6.74. The van der Waals surface area contributed by atoms with Crippen molar-refractivity contribution >= 4 is 11.6 Å². The third-order valence-electron chi connectivity index (χ3n) is 3.71. The maximum Gasteiger partial charge on any atom is 0.0406 e. The second kappa shape index (κ2) is 10.2. The Labute approximate surface area is 129 Å². The molecule has 0 saturated heterocycles. The molecule has 0 heterocycles. The molecule has 0 amide bonds. The van der Waals surface area contributed by atoms with Crippen LogP contribution in [0.25, 0.3) is 0 Å². The third-order valence-corrected chi connectivity index (χ3v) is 3.96. The Kier molecular flexibility index (Phi) is 8.92. The van der Waals surface area contributed by atoms with Crippen molar-refractivity contribution in [3.05, 3.63) is 34.9 Å². The number of nitrogens with two attached hydrogens (primary N) is 1. The van der Waals surface area contributed by atoms with Crippen molar-refractivity contribution in [1.82, 2.24) is 4.90 Å². The lowest BCUT2D eigenvalue weighted by Gasteiger charge is -2.23. The van der Waals surface area contributed by atoms with Crippen LogP contribution >= 0.6 is 11.6 Å². The zero-order chi connectivity index (χ0) is 14.8. The molecule has 114 valence electrons. The van der Waals surface area contributed by atoms with Crippen molar-refractivity contribution < 1.29 is 0 Å². The fraction of sp³-hybridized carbons (Fsp3) is 0.647. The molecule has 1 rings (SSSR count). The van der Waals surface area contributed by atoms with Crippen LogP contribution in [0.5, 0.6) is 0 Å². The highest BCUT2D eigenvalue weighted by molar-refractivity contribution is 6.30. The van der Waals surface area contributed by atoms with E-state index in [1.54, 1.807) is 0 Å². The van der Waals surface area contributed by atoms with E-state index in [1.807, 2.05) is 24.3 Å². The van der Waals surface area contributed by atoms with Crippen LogP contribution in [0.2, 0.25) is 5.02 Å². The molecule has 2 N–H and O–H groups in total. The fourth-order valence-corrected chi connectivity index (χ4v) is 2.42. The van der Waals surface area contributed by atoms with Gasteiger partial charge in [-0.2, -0.15) is 0 Å². The van der Waals surface area contributed by atoms with Gasteiger partial charge >= 0.3 is 0 Å². The molecule has 0 spiro atoms. The van der Waals surface area contributed by atoms with E-state index in [1.165, 1.54) is 44.3 Å². The van der Waals surface area contributed by atoms with Gasteiger partial charge in [0.1, 0.15) is 0 Å². The highest BCUT2D eigenvalue weighted by atomic mass is 35.5. The monoisotopic (exact) mass is 296 g/mol. The number of rotatable bonds is 10. The molecule has 0 radical (unpaired) electrons. The standard InChI is InChI=1S/C17H29ClN2/c1-3-5-12-20(13-6-4-2)14-11-17(19)15-7-9-16(18)10-8-15/h7-10,17H,3-6,11-14,19H2,1-2H3. The lowest BCUT2D eigenvalue weighted by Crippen LogP contribution is -2.29. The van der Waals surface area contributed by atoms with Crippen molar-refractivity contribution in [2.45, 2.75) is 52.0 Å². The Morgan fingerprint density at radius 1 is 1.00 bits per heavy atom. The zero-order valence-corrected chi connectivity index (χ0v) is 13.7. The highest BCUT2D eigenvalue weighted by Crippen LogP contribution is 2.17. The molecule has 2 nitrogen and oxygen atoms in total. The molecule has 20 heavy (non-hydrogen) atoms. The van der Waals surface area contributed by atoms with Crippen molar-refractivity contribution in [2.24, 2.45) is 5.73 Å². The van der Waals surface area contributed by atoms with E-state index in [4.69, 9.17) is 17.3 Å². The first-order chi connectivity index (χ1) is 9.67. The van der Waals surface area contributed by atoms with Gasteiger partial charge in [0.25, 0.3) is 0 Å². The summed E-state index contributed by atoms with van der Waals surface area (Å²) in [5, 5.41) is 0.772. The molecule has 1 aromatic rings. The van der Waals surface area contributed by atoms with Gasteiger partial charge in [-0.3, -0.25) is 0 Å². The number of unbranched alkanes of at least 4 members (excludes halogenated alkanes) is 2. The maximum absolute atomic E-state index is 6.28. The minimum Gasteiger partial charge on any atom is -0.324 e. The van der Waals surface area contributed by atoms with Gasteiger partial charge in [0.05, 0.1) is 0 Å². The van der Waals surface area contributed by atoms with Crippen LogP contribution in [0.3, 0.4) is 0 Å². The van der Waals surface area contributed by atoms with Crippen LogP contribution in [0, 0.1) is 0 Å². The van der Waals surface area contributed by atoms with E-state index in [0.29, 0.717) is 0 Å². The molecular formula is C17H29ClN2. The number of nitrogens with zero attached hydrogens (tertiary/aromatic N) is 1. The Morgan fingerprint density at radius 2 is 1.55 bits per heavy atom. The van der Waals surface area contributed by atoms with Gasteiger partial charge in [-0.1, -0.05) is 50.4 Å². The molecule has 0 aliphatic rings. The molecule has 0 aliphatic heterocycles. The first-order valence-corrected chi connectivity index (χ1v) is 8.28. The van der Waals surface area contributed by atoms with Crippen LogP contribution in [-0.4, -0.2) is 24.5 Å². The normalized spacial score (nSPS) is 12.8. The molecule has 0 aromatic heterocycles. The van der Waals surface area contributed by atoms with E-state index >= 15 is 0 Å². The maximum atomic E-state index is 6.28. The van der Waals surface area contributed by atoms with E-state index in [0.717, 1.165) is 18.0 Å². The van der Waals surface area contributed by atoms with Gasteiger partial charge in [0.2, 0.25) is 0 Å². The summed E-state index contributed by atoms with van der Waals surface area (Å²) in [4.78, 5) is 2.56. The van der Waals surface area contributed by atoms with Crippen LogP contribution in [0.15, 0.2) is 24.3 Å². The predicted molar refractivity (Wildman–Crippen MR) is 89.3 cm³/mol. The van der Waals surface area contributed by atoms with Crippen molar-refractivity contribution in [2.75, 3.05) is 19.6 Å². The van der Waals surface area contributed by atoms with Crippen LogP contribution in [0.1, 0.15) is 57.6 Å². The molecule has 0 aliphatic carbocycles. The Bertz CT molecular complexity index is 343. The van der Waals surface area contributed by atoms with Gasteiger partial charge in [0, 0.05) is 11.1 Å². The lowest BCUT2D eigenvalue weighted by atomic mass is 10.0. The Balaban J connectivity index is 2.41. The summed E-state index contributed by atoms with van der Waals surface area (Å²) in [6, 6.07) is 8.02. The largest absolute Gasteiger partial charge is 0.324 e. The minimum absolute atomic E-state index is 0.109. The predicted octanol–water partition coefficient (Wildman–Crippen LogP) is 4.63. The van der Waals surface area contributed by atoms with Crippen molar-refractivity contribution in [3.63, 3.8) is 0 Å². The molecule has 3 heteroatoms. The number of hydrogen-bond donors (Lipinski definition) is 1. The van der Waals surface area contributed by atoms with Gasteiger partial charge < -0.3 is 10.6 Å². The average molecular weight is 297 g/mol. The SMILES string of the molecule is CCCCN(CCCC)CCC(N)c1ccc(Cl)cc1. The molecule has 1 atom stereocenters. The molecule has 0 fully saturated rings. The number of benzene rings is 1. The summed E-state index contributed by atoms with van der Waals surface area (Å²) < 4.78 is 0. The van der Waals surface area contributed by atoms with E-state index < -0.39 is 0 Å². The summed E-state index contributed by atoms with van der Waals surface area (Å²) in [5.74, 6) is 0. The summed E-state index contributed by atoms with van der Waals surface area (Å²) in [6.45, 7) is 7.98.